The Bertz CT molecular complexity index is 363. The van der Waals surface area contributed by atoms with Crippen molar-refractivity contribution in [3.05, 3.63) is 0 Å². The van der Waals surface area contributed by atoms with E-state index < -0.39 is 15.9 Å². The average molecular weight is 278 g/mol. The first-order valence-corrected chi connectivity index (χ1v) is 8.23. The fourth-order valence-electron chi connectivity index (χ4n) is 1.82. The second kappa shape index (κ2) is 7.06. The number of carbonyl (C=O) groups is 1. The molecule has 0 aliphatic carbocycles. The summed E-state index contributed by atoms with van der Waals surface area (Å²) in [7, 11) is -3.07. The van der Waals surface area contributed by atoms with E-state index in [0.717, 1.165) is 25.7 Å². The molecule has 1 rings (SSSR count). The third-order valence-electron chi connectivity index (χ3n) is 2.96. The van der Waals surface area contributed by atoms with Gasteiger partial charge in [-0.15, -0.1) is 0 Å². The lowest BCUT2D eigenvalue weighted by molar-refractivity contribution is -0.122. The van der Waals surface area contributed by atoms with E-state index in [4.69, 9.17) is 10.5 Å². The maximum absolute atomic E-state index is 11.6. The average Bonchev–Trinajstić information content (AvgIpc) is 2.33. The van der Waals surface area contributed by atoms with Gasteiger partial charge >= 0.3 is 0 Å². The zero-order valence-corrected chi connectivity index (χ0v) is 11.5. The second-order valence-corrected chi connectivity index (χ2v) is 7.11. The normalized spacial score (nSPS) is 22.4. The molecule has 106 valence electrons. The molecule has 7 heteroatoms. The van der Waals surface area contributed by atoms with Gasteiger partial charge in [0.2, 0.25) is 5.91 Å². The summed E-state index contributed by atoms with van der Waals surface area (Å²) in [5.74, 6) is -0.0114. The van der Waals surface area contributed by atoms with Gasteiger partial charge in [-0.2, -0.15) is 0 Å². The van der Waals surface area contributed by atoms with Gasteiger partial charge in [-0.25, -0.2) is 8.42 Å². The van der Waals surface area contributed by atoms with E-state index in [1.165, 1.54) is 0 Å². The van der Waals surface area contributed by atoms with Crippen molar-refractivity contribution < 1.29 is 17.9 Å². The van der Waals surface area contributed by atoms with Crippen molar-refractivity contribution in [3.63, 3.8) is 0 Å². The molecule has 1 amide bonds. The van der Waals surface area contributed by atoms with Crippen LogP contribution in [0.2, 0.25) is 0 Å². The van der Waals surface area contributed by atoms with Crippen molar-refractivity contribution >= 4 is 15.7 Å². The van der Waals surface area contributed by atoms with E-state index in [-0.39, 0.29) is 18.1 Å². The number of carbonyl (C=O) groups excluding carboxylic acids is 1. The zero-order chi connectivity index (χ0) is 13.6. The molecule has 0 aromatic carbocycles. The summed E-state index contributed by atoms with van der Waals surface area (Å²) >= 11 is 0. The van der Waals surface area contributed by atoms with Gasteiger partial charge < -0.3 is 15.8 Å². The van der Waals surface area contributed by atoms with Gasteiger partial charge in [-0.3, -0.25) is 4.79 Å². The quantitative estimate of drug-likeness (QED) is 0.669. The number of ether oxygens (including phenoxy) is 1. The van der Waals surface area contributed by atoms with Crippen LogP contribution >= 0.6 is 0 Å². The van der Waals surface area contributed by atoms with Crippen LogP contribution in [0.5, 0.6) is 0 Å². The fourth-order valence-corrected chi connectivity index (χ4v) is 2.50. The van der Waals surface area contributed by atoms with Crippen molar-refractivity contribution in [1.82, 2.24) is 5.32 Å². The van der Waals surface area contributed by atoms with Crippen LogP contribution in [-0.2, 0) is 19.4 Å². The van der Waals surface area contributed by atoms with Gasteiger partial charge in [0.05, 0.1) is 18.4 Å². The Balaban J connectivity index is 2.22. The monoisotopic (exact) mass is 278 g/mol. The summed E-state index contributed by atoms with van der Waals surface area (Å²) in [5, 5.41) is 2.75. The summed E-state index contributed by atoms with van der Waals surface area (Å²) in [6.45, 7) is 2.00. The molecule has 1 heterocycles. The minimum absolute atomic E-state index is 0.0614. The largest absolute Gasteiger partial charge is 0.381 e. The molecule has 6 nitrogen and oxygen atoms in total. The van der Waals surface area contributed by atoms with Crippen molar-refractivity contribution in [1.29, 1.82) is 0 Å². The van der Waals surface area contributed by atoms with Gasteiger partial charge in [0.25, 0.3) is 0 Å². The first-order valence-electron chi connectivity index (χ1n) is 6.17. The van der Waals surface area contributed by atoms with Gasteiger partial charge in [0.1, 0.15) is 9.84 Å². The molecule has 0 saturated carbocycles. The van der Waals surface area contributed by atoms with Crippen LogP contribution in [0.4, 0.5) is 0 Å². The first-order chi connectivity index (χ1) is 8.38. The van der Waals surface area contributed by atoms with Crippen LogP contribution in [-0.4, -0.2) is 52.1 Å². The summed E-state index contributed by atoms with van der Waals surface area (Å²) in [6, 6.07) is -0.760. The summed E-state index contributed by atoms with van der Waals surface area (Å²) in [5.41, 5.74) is 5.63. The lowest BCUT2D eigenvalue weighted by atomic mass is 10.0. The molecule has 3 N–H and O–H groups in total. The van der Waals surface area contributed by atoms with Crippen LogP contribution in [0, 0.1) is 5.92 Å². The molecule has 2 unspecified atom stereocenters. The summed E-state index contributed by atoms with van der Waals surface area (Å²) in [6.07, 6.45) is 3.35. The van der Waals surface area contributed by atoms with Gasteiger partial charge in [-0.1, -0.05) is 0 Å². The van der Waals surface area contributed by atoms with E-state index in [1.54, 1.807) is 0 Å². The first kappa shape index (κ1) is 15.4. The van der Waals surface area contributed by atoms with E-state index in [2.05, 4.69) is 5.32 Å². The predicted octanol–water partition coefficient (Wildman–Crippen LogP) is -0.709. The third kappa shape index (κ3) is 6.32. The van der Waals surface area contributed by atoms with Crippen LogP contribution in [0.25, 0.3) is 0 Å². The topological polar surface area (TPSA) is 98.5 Å². The predicted molar refractivity (Wildman–Crippen MR) is 68.9 cm³/mol. The van der Waals surface area contributed by atoms with Crippen molar-refractivity contribution in [2.24, 2.45) is 11.7 Å². The molecule has 0 spiro atoms. The van der Waals surface area contributed by atoms with Crippen LogP contribution < -0.4 is 11.1 Å². The molecular weight excluding hydrogens is 256 g/mol. The number of sulfone groups is 1. The van der Waals surface area contributed by atoms with Crippen LogP contribution in [0.1, 0.15) is 19.3 Å². The zero-order valence-electron chi connectivity index (χ0n) is 10.7. The van der Waals surface area contributed by atoms with Gasteiger partial charge in [0, 0.05) is 19.4 Å². The molecule has 0 aromatic heterocycles. The Labute approximate surface area is 108 Å². The molecule has 2 atom stereocenters. The Morgan fingerprint density at radius 1 is 1.56 bits per heavy atom. The molecular formula is C11H22N2O4S. The van der Waals surface area contributed by atoms with Gasteiger partial charge in [-0.05, 0) is 25.2 Å². The van der Waals surface area contributed by atoms with Crippen molar-refractivity contribution in [3.8, 4) is 0 Å². The minimum Gasteiger partial charge on any atom is -0.381 e. The Morgan fingerprint density at radius 2 is 2.28 bits per heavy atom. The minimum atomic E-state index is -3.07. The van der Waals surface area contributed by atoms with E-state index >= 15 is 0 Å². The Hall–Kier alpha value is -0.660. The summed E-state index contributed by atoms with van der Waals surface area (Å²) < 4.78 is 27.2. The number of amides is 1. The molecule has 1 saturated heterocycles. The smallest absolute Gasteiger partial charge is 0.236 e. The van der Waals surface area contributed by atoms with Crippen molar-refractivity contribution in [2.45, 2.75) is 25.3 Å². The molecule has 1 aliphatic rings. The number of rotatable bonds is 6. The molecule has 18 heavy (non-hydrogen) atoms. The number of hydrogen-bond donors (Lipinski definition) is 2. The maximum atomic E-state index is 11.6. The highest BCUT2D eigenvalue weighted by atomic mass is 32.2. The fraction of sp³-hybridized carbons (Fsp3) is 0.909. The van der Waals surface area contributed by atoms with Crippen LogP contribution in [0.15, 0.2) is 0 Å². The maximum Gasteiger partial charge on any atom is 0.236 e. The summed E-state index contributed by atoms with van der Waals surface area (Å²) in [4.78, 5) is 11.6. The highest BCUT2D eigenvalue weighted by Gasteiger charge is 2.18. The van der Waals surface area contributed by atoms with E-state index in [1.807, 2.05) is 0 Å². The number of nitrogens with one attached hydrogen (secondary N) is 1. The number of nitrogens with two attached hydrogens (primary N) is 1. The second-order valence-electron chi connectivity index (χ2n) is 4.85. The lowest BCUT2D eigenvalue weighted by Gasteiger charge is -2.23. The lowest BCUT2D eigenvalue weighted by Crippen LogP contribution is -2.44. The van der Waals surface area contributed by atoms with E-state index in [0.29, 0.717) is 19.1 Å². The van der Waals surface area contributed by atoms with Crippen LogP contribution in [0.3, 0.4) is 0 Å². The standard InChI is InChI=1S/C11H22N2O4S/c1-18(15,16)6-4-10(12)11(14)13-7-9-3-2-5-17-8-9/h9-10H,2-8,12H2,1H3,(H,13,14). The molecule has 0 bridgehead atoms. The molecule has 0 radical (unpaired) electrons. The Kier molecular flexibility index (Phi) is 6.04. The molecule has 1 aliphatic heterocycles. The third-order valence-corrected chi connectivity index (χ3v) is 3.93. The highest BCUT2D eigenvalue weighted by Crippen LogP contribution is 2.12. The van der Waals surface area contributed by atoms with Crippen molar-refractivity contribution in [2.75, 3.05) is 31.8 Å². The SMILES string of the molecule is CS(=O)(=O)CCC(N)C(=O)NCC1CCCOC1. The molecule has 1 fully saturated rings. The Morgan fingerprint density at radius 3 is 2.83 bits per heavy atom. The number of hydrogen-bond acceptors (Lipinski definition) is 5. The highest BCUT2D eigenvalue weighted by molar-refractivity contribution is 7.90. The van der Waals surface area contributed by atoms with E-state index in [9.17, 15) is 13.2 Å². The van der Waals surface area contributed by atoms with Gasteiger partial charge in [0.15, 0.2) is 0 Å². The molecule has 0 aromatic rings.